The standard InChI is InChI=1S/C22H20O/c1-16-9-8-10-17(2)21(16)22(23)20-14-7-6-13-19(20)15-18-11-4-3-5-12-18/h3-14H,15H2,1-2H3. The third-order valence-corrected chi connectivity index (χ3v) is 4.21. The number of ketones is 1. The van der Waals surface area contributed by atoms with E-state index in [1.807, 2.05) is 74.5 Å². The number of aryl methyl sites for hydroxylation is 2. The molecule has 3 aromatic carbocycles. The molecule has 0 saturated heterocycles. The summed E-state index contributed by atoms with van der Waals surface area (Å²) in [5, 5.41) is 0. The van der Waals surface area contributed by atoms with Crippen molar-refractivity contribution in [3.8, 4) is 0 Å². The van der Waals surface area contributed by atoms with Crippen molar-refractivity contribution in [1.82, 2.24) is 0 Å². The highest BCUT2D eigenvalue weighted by atomic mass is 16.1. The summed E-state index contributed by atoms with van der Waals surface area (Å²) in [7, 11) is 0. The van der Waals surface area contributed by atoms with Crippen molar-refractivity contribution < 1.29 is 4.79 Å². The average molecular weight is 300 g/mol. The van der Waals surface area contributed by atoms with Crippen molar-refractivity contribution in [3.05, 3.63) is 106 Å². The number of rotatable bonds is 4. The van der Waals surface area contributed by atoms with Crippen molar-refractivity contribution in [3.63, 3.8) is 0 Å². The van der Waals surface area contributed by atoms with Gasteiger partial charge in [0.15, 0.2) is 5.78 Å². The lowest BCUT2D eigenvalue weighted by molar-refractivity contribution is 0.103. The van der Waals surface area contributed by atoms with Gasteiger partial charge >= 0.3 is 0 Å². The monoisotopic (exact) mass is 300 g/mol. The molecule has 0 saturated carbocycles. The minimum Gasteiger partial charge on any atom is -0.289 e. The molecule has 0 aliphatic heterocycles. The fourth-order valence-corrected chi connectivity index (χ4v) is 3.02. The minimum absolute atomic E-state index is 0.118. The highest BCUT2D eigenvalue weighted by Crippen LogP contribution is 2.22. The molecule has 1 heteroatoms. The van der Waals surface area contributed by atoms with Gasteiger partial charge in [-0.15, -0.1) is 0 Å². The van der Waals surface area contributed by atoms with Crippen LogP contribution in [0.15, 0.2) is 72.8 Å². The SMILES string of the molecule is Cc1cccc(C)c1C(=O)c1ccccc1Cc1ccccc1. The molecule has 0 bridgehead atoms. The fraction of sp³-hybridized carbons (Fsp3) is 0.136. The van der Waals surface area contributed by atoms with Gasteiger partial charge in [0.2, 0.25) is 0 Å². The molecule has 0 unspecified atom stereocenters. The first kappa shape index (κ1) is 15.2. The van der Waals surface area contributed by atoms with Crippen LogP contribution in [-0.4, -0.2) is 5.78 Å². The summed E-state index contributed by atoms with van der Waals surface area (Å²) >= 11 is 0. The van der Waals surface area contributed by atoms with Gasteiger partial charge in [-0.05, 0) is 42.5 Å². The Labute approximate surface area is 137 Å². The molecule has 0 fully saturated rings. The summed E-state index contributed by atoms with van der Waals surface area (Å²) in [4.78, 5) is 13.1. The number of carbonyl (C=O) groups excluding carboxylic acids is 1. The van der Waals surface area contributed by atoms with E-state index < -0.39 is 0 Å². The van der Waals surface area contributed by atoms with Crippen LogP contribution in [0.1, 0.15) is 38.2 Å². The Morgan fingerprint density at radius 1 is 0.739 bits per heavy atom. The van der Waals surface area contributed by atoms with E-state index in [1.165, 1.54) is 5.56 Å². The third kappa shape index (κ3) is 3.24. The van der Waals surface area contributed by atoms with Gasteiger partial charge in [-0.3, -0.25) is 4.79 Å². The van der Waals surface area contributed by atoms with Crippen molar-refractivity contribution in [1.29, 1.82) is 0 Å². The topological polar surface area (TPSA) is 17.1 Å². The molecular weight excluding hydrogens is 280 g/mol. The van der Waals surface area contributed by atoms with Gasteiger partial charge in [0.05, 0.1) is 0 Å². The van der Waals surface area contributed by atoms with Crippen LogP contribution >= 0.6 is 0 Å². The summed E-state index contributed by atoms with van der Waals surface area (Å²) in [5.41, 5.74) is 5.98. The second-order valence-electron chi connectivity index (χ2n) is 5.92. The van der Waals surface area contributed by atoms with Gasteiger partial charge in [-0.25, -0.2) is 0 Å². The van der Waals surface area contributed by atoms with E-state index in [-0.39, 0.29) is 5.78 Å². The van der Waals surface area contributed by atoms with Crippen LogP contribution in [0.25, 0.3) is 0 Å². The summed E-state index contributed by atoms with van der Waals surface area (Å²) in [6, 6.07) is 24.2. The Hall–Kier alpha value is -2.67. The predicted octanol–water partition coefficient (Wildman–Crippen LogP) is 5.13. The van der Waals surface area contributed by atoms with Crippen LogP contribution in [-0.2, 0) is 6.42 Å². The minimum atomic E-state index is 0.118. The normalized spacial score (nSPS) is 10.5. The molecule has 0 spiro atoms. The van der Waals surface area contributed by atoms with Crippen LogP contribution < -0.4 is 0 Å². The molecule has 0 amide bonds. The maximum atomic E-state index is 13.1. The summed E-state index contributed by atoms with van der Waals surface area (Å²) in [5.74, 6) is 0.118. The molecule has 23 heavy (non-hydrogen) atoms. The van der Waals surface area contributed by atoms with Crippen LogP contribution in [0.4, 0.5) is 0 Å². The number of carbonyl (C=O) groups is 1. The first-order valence-corrected chi connectivity index (χ1v) is 7.89. The maximum absolute atomic E-state index is 13.1. The van der Waals surface area contributed by atoms with E-state index in [4.69, 9.17) is 0 Å². The zero-order valence-electron chi connectivity index (χ0n) is 13.5. The third-order valence-electron chi connectivity index (χ3n) is 4.21. The lowest BCUT2D eigenvalue weighted by atomic mass is 9.90. The first-order valence-electron chi connectivity index (χ1n) is 7.89. The Morgan fingerprint density at radius 3 is 2.04 bits per heavy atom. The second kappa shape index (κ2) is 6.62. The fourth-order valence-electron chi connectivity index (χ4n) is 3.02. The number of benzene rings is 3. The second-order valence-corrected chi connectivity index (χ2v) is 5.92. The van der Waals surface area contributed by atoms with Gasteiger partial charge in [-0.1, -0.05) is 72.8 Å². The predicted molar refractivity (Wildman–Crippen MR) is 95.0 cm³/mol. The summed E-state index contributed by atoms with van der Waals surface area (Å²) in [6.07, 6.45) is 0.772. The van der Waals surface area contributed by atoms with Crippen molar-refractivity contribution in [2.24, 2.45) is 0 Å². The Kier molecular flexibility index (Phi) is 4.38. The Balaban J connectivity index is 2.02. The molecular formula is C22H20O. The van der Waals surface area contributed by atoms with Gasteiger partial charge in [0, 0.05) is 11.1 Å². The van der Waals surface area contributed by atoms with Crippen LogP contribution in [0.2, 0.25) is 0 Å². The lowest BCUT2D eigenvalue weighted by Crippen LogP contribution is -2.09. The highest BCUT2D eigenvalue weighted by Gasteiger charge is 2.17. The molecule has 0 N–H and O–H groups in total. The van der Waals surface area contributed by atoms with E-state index >= 15 is 0 Å². The molecule has 114 valence electrons. The van der Waals surface area contributed by atoms with Crippen molar-refractivity contribution in [2.75, 3.05) is 0 Å². The first-order chi connectivity index (χ1) is 11.2. The van der Waals surface area contributed by atoms with Crippen LogP contribution in [0.5, 0.6) is 0 Å². The zero-order valence-corrected chi connectivity index (χ0v) is 13.5. The Bertz CT molecular complexity index is 811. The van der Waals surface area contributed by atoms with Crippen molar-refractivity contribution >= 4 is 5.78 Å². The molecule has 0 radical (unpaired) electrons. The van der Waals surface area contributed by atoms with Gasteiger partial charge in [0.25, 0.3) is 0 Å². The van der Waals surface area contributed by atoms with E-state index in [1.54, 1.807) is 0 Å². The molecule has 0 heterocycles. The molecule has 3 rings (SSSR count). The lowest BCUT2D eigenvalue weighted by Gasteiger charge is -2.12. The molecule has 3 aromatic rings. The Morgan fingerprint density at radius 2 is 1.35 bits per heavy atom. The molecule has 0 atom stereocenters. The van der Waals surface area contributed by atoms with E-state index in [2.05, 4.69) is 12.1 Å². The van der Waals surface area contributed by atoms with Gasteiger partial charge in [0.1, 0.15) is 0 Å². The smallest absolute Gasteiger partial charge is 0.193 e. The molecule has 0 aromatic heterocycles. The quantitative estimate of drug-likeness (QED) is 0.611. The molecule has 0 aliphatic carbocycles. The van der Waals surface area contributed by atoms with Crippen LogP contribution in [0, 0.1) is 13.8 Å². The summed E-state index contributed by atoms with van der Waals surface area (Å²) in [6.45, 7) is 4.00. The average Bonchev–Trinajstić information content (AvgIpc) is 2.56. The van der Waals surface area contributed by atoms with Gasteiger partial charge in [-0.2, -0.15) is 0 Å². The number of hydrogen-bond acceptors (Lipinski definition) is 1. The highest BCUT2D eigenvalue weighted by molar-refractivity contribution is 6.11. The summed E-state index contributed by atoms with van der Waals surface area (Å²) < 4.78 is 0. The van der Waals surface area contributed by atoms with E-state index in [0.29, 0.717) is 0 Å². The van der Waals surface area contributed by atoms with Crippen molar-refractivity contribution in [2.45, 2.75) is 20.3 Å². The maximum Gasteiger partial charge on any atom is 0.193 e. The van der Waals surface area contributed by atoms with Gasteiger partial charge < -0.3 is 0 Å². The van der Waals surface area contributed by atoms with E-state index in [9.17, 15) is 4.79 Å². The molecule has 0 aliphatic rings. The number of hydrogen-bond donors (Lipinski definition) is 0. The largest absolute Gasteiger partial charge is 0.289 e. The van der Waals surface area contributed by atoms with Crippen LogP contribution in [0.3, 0.4) is 0 Å². The van der Waals surface area contributed by atoms with E-state index in [0.717, 1.165) is 34.2 Å². The zero-order chi connectivity index (χ0) is 16.2. The molecule has 1 nitrogen and oxygen atoms in total.